The van der Waals surface area contributed by atoms with E-state index in [4.69, 9.17) is 0 Å². The number of allylic oxidation sites excluding steroid dienone is 4. The minimum Gasteiger partial charge on any atom is -0.511 e. The lowest BCUT2D eigenvalue weighted by atomic mass is 9.34. The summed E-state index contributed by atoms with van der Waals surface area (Å²) in [5, 5.41) is 24.1. The van der Waals surface area contributed by atoms with E-state index in [-0.39, 0.29) is 62.4 Å². The number of nitrogens with zero attached hydrogens (tertiary/aromatic N) is 2. The third kappa shape index (κ3) is 3.45. The first kappa shape index (κ1) is 27.9. The third-order valence-electron chi connectivity index (χ3n) is 13.8. The van der Waals surface area contributed by atoms with Crippen LogP contribution in [-0.4, -0.2) is 41.5 Å². The Labute approximate surface area is 240 Å². The maximum Gasteiger partial charge on any atom is 0.317 e. The van der Waals surface area contributed by atoms with E-state index in [1.807, 2.05) is 11.0 Å². The number of carbonyl (C=O) groups is 2. The Bertz CT molecular complexity index is 1270. The fourth-order valence-electron chi connectivity index (χ4n) is 11.4. The normalized spacial score (nSPS) is 45.4. The van der Waals surface area contributed by atoms with Crippen LogP contribution in [0.25, 0.3) is 0 Å². The van der Waals surface area contributed by atoms with Gasteiger partial charge in [0.1, 0.15) is 5.76 Å². The summed E-state index contributed by atoms with van der Waals surface area (Å²) in [7, 11) is 0. The molecule has 0 aromatic rings. The first-order valence-electron chi connectivity index (χ1n) is 15.7. The van der Waals surface area contributed by atoms with E-state index in [0.717, 1.165) is 58.0 Å². The molecule has 6 aliphatic rings. The number of fused-ring (bicyclic) bond motifs is 7. The summed E-state index contributed by atoms with van der Waals surface area (Å²) in [5.74, 6) is 0.874. The van der Waals surface area contributed by atoms with Crippen LogP contribution in [0, 0.1) is 61.6 Å². The third-order valence-corrected chi connectivity index (χ3v) is 13.8. The molecule has 1 heterocycles. The topological polar surface area (TPSA) is 93.4 Å². The molecule has 1 aliphatic heterocycles. The molecule has 0 spiro atoms. The van der Waals surface area contributed by atoms with Crippen LogP contribution in [0.2, 0.25) is 0 Å². The molecule has 6 rings (SSSR count). The van der Waals surface area contributed by atoms with Crippen molar-refractivity contribution in [3.05, 3.63) is 23.0 Å². The average molecular weight is 548 g/mol. The Balaban J connectivity index is 1.47. The second-order valence-corrected chi connectivity index (χ2v) is 16.5. The first-order valence-corrected chi connectivity index (χ1v) is 15.7. The molecule has 1 saturated heterocycles. The van der Waals surface area contributed by atoms with Crippen molar-refractivity contribution in [2.75, 3.05) is 19.6 Å². The lowest BCUT2D eigenvalue weighted by Crippen LogP contribution is -2.65. The Morgan fingerprint density at radius 3 is 2.40 bits per heavy atom. The Morgan fingerprint density at radius 2 is 1.75 bits per heavy atom. The Morgan fingerprint density at radius 1 is 1.05 bits per heavy atom. The van der Waals surface area contributed by atoms with Gasteiger partial charge in [0.05, 0.1) is 11.6 Å². The molecule has 7 atom stereocenters. The van der Waals surface area contributed by atoms with E-state index < -0.39 is 5.41 Å². The van der Waals surface area contributed by atoms with Gasteiger partial charge in [-0.3, -0.25) is 4.79 Å². The number of urea groups is 1. The molecule has 218 valence electrons. The zero-order valence-corrected chi connectivity index (χ0v) is 25.7. The van der Waals surface area contributed by atoms with E-state index in [1.54, 1.807) is 0 Å². The van der Waals surface area contributed by atoms with Gasteiger partial charge in [-0.2, -0.15) is 5.26 Å². The van der Waals surface area contributed by atoms with Crippen molar-refractivity contribution in [1.82, 2.24) is 10.2 Å². The van der Waals surface area contributed by atoms with Gasteiger partial charge in [-0.1, -0.05) is 54.0 Å². The Hall–Kier alpha value is -2.29. The molecular weight excluding hydrogens is 498 g/mol. The minimum atomic E-state index is -0.507. The molecule has 40 heavy (non-hydrogen) atoms. The van der Waals surface area contributed by atoms with Crippen molar-refractivity contribution >= 4 is 11.8 Å². The van der Waals surface area contributed by atoms with Crippen molar-refractivity contribution in [2.24, 2.45) is 50.2 Å². The van der Waals surface area contributed by atoms with Crippen LogP contribution in [0.3, 0.4) is 0 Å². The minimum absolute atomic E-state index is 0.0187. The molecule has 6 nitrogen and oxygen atoms in total. The van der Waals surface area contributed by atoms with Gasteiger partial charge >= 0.3 is 6.03 Å². The highest BCUT2D eigenvalue weighted by molar-refractivity contribution is 5.95. The van der Waals surface area contributed by atoms with Crippen LogP contribution < -0.4 is 5.32 Å². The largest absolute Gasteiger partial charge is 0.511 e. The van der Waals surface area contributed by atoms with Crippen LogP contribution >= 0.6 is 0 Å². The summed E-state index contributed by atoms with van der Waals surface area (Å²) < 4.78 is 0. The van der Waals surface area contributed by atoms with Gasteiger partial charge in [-0.15, -0.1) is 0 Å². The zero-order valence-electron chi connectivity index (χ0n) is 25.7. The number of hydrogen-bond donors (Lipinski definition) is 2. The number of aliphatic hydroxyl groups excluding tert-OH is 1. The van der Waals surface area contributed by atoms with Gasteiger partial charge in [0, 0.05) is 31.0 Å². The van der Waals surface area contributed by atoms with E-state index >= 15 is 0 Å². The molecule has 5 aliphatic carbocycles. The highest BCUT2D eigenvalue weighted by atomic mass is 16.3. The first-order chi connectivity index (χ1) is 18.5. The van der Waals surface area contributed by atoms with Gasteiger partial charge in [-0.25, -0.2) is 4.79 Å². The second-order valence-electron chi connectivity index (χ2n) is 16.5. The molecule has 0 aromatic carbocycles. The van der Waals surface area contributed by atoms with E-state index in [1.165, 1.54) is 5.57 Å². The predicted octanol–water partition coefficient (Wildman–Crippen LogP) is 6.94. The summed E-state index contributed by atoms with van der Waals surface area (Å²) in [6.07, 6.45) is 9.78. The summed E-state index contributed by atoms with van der Waals surface area (Å²) in [6.45, 7) is 18.2. The second kappa shape index (κ2) is 8.39. The number of ketones is 1. The van der Waals surface area contributed by atoms with Gasteiger partial charge < -0.3 is 15.3 Å². The SMILES string of the molecule is CC1(C)CC[C@]2(CN3CCNC3=O)CC[C@]3(C)[C@H](C(=O)C=C4[C@@]5(C)CC(C#N)=C(O)C(C)(C)[C@@H]5CC[C@]43C)[C@@H]2C1. The lowest BCUT2D eigenvalue weighted by molar-refractivity contribution is -0.174. The molecule has 3 saturated carbocycles. The van der Waals surface area contributed by atoms with Crippen LogP contribution in [0.4, 0.5) is 4.79 Å². The maximum atomic E-state index is 14.6. The molecular formula is C34H49N3O3. The number of carbonyl (C=O) groups excluding carboxylic acids is 2. The van der Waals surface area contributed by atoms with E-state index in [2.05, 4.69) is 59.9 Å². The molecule has 4 fully saturated rings. The quantitative estimate of drug-likeness (QED) is 0.392. The van der Waals surface area contributed by atoms with Crippen LogP contribution in [-0.2, 0) is 4.79 Å². The molecule has 0 unspecified atom stereocenters. The monoisotopic (exact) mass is 547 g/mol. The van der Waals surface area contributed by atoms with Crippen molar-refractivity contribution < 1.29 is 14.7 Å². The van der Waals surface area contributed by atoms with Crippen LogP contribution in [0.15, 0.2) is 23.0 Å². The van der Waals surface area contributed by atoms with Gasteiger partial charge in [0.25, 0.3) is 0 Å². The number of hydrogen-bond acceptors (Lipinski definition) is 4. The number of nitriles is 1. The van der Waals surface area contributed by atoms with Crippen molar-refractivity contribution in [3.8, 4) is 6.07 Å². The van der Waals surface area contributed by atoms with Gasteiger partial charge in [0.15, 0.2) is 5.78 Å². The molecule has 0 aromatic heterocycles. The molecule has 2 N–H and O–H groups in total. The average Bonchev–Trinajstić information content (AvgIpc) is 3.27. The van der Waals surface area contributed by atoms with Crippen molar-refractivity contribution in [1.29, 1.82) is 5.26 Å². The number of amides is 2. The van der Waals surface area contributed by atoms with Crippen LogP contribution in [0.1, 0.15) is 99.8 Å². The standard InChI is InChI=1S/C34H49N3O3/c1-29(2)10-12-34(20-37-15-14-36-28(37)40)13-11-33(7)26(22(34)18-29)23(38)16-25-31(5)17-21(19-35)27(39)30(3,4)24(31)8-9-32(25,33)6/h16,22,24,26,39H,8-15,17-18,20H2,1-7H3,(H,36,40)/t22-,24-,26-,31-,32+,33+,34+/m0/s1. The fraction of sp³-hybridized carbons (Fsp3) is 0.794. The molecule has 0 radical (unpaired) electrons. The maximum absolute atomic E-state index is 14.6. The van der Waals surface area contributed by atoms with Crippen LogP contribution in [0.5, 0.6) is 0 Å². The summed E-state index contributed by atoms with van der Waals surface area (Å²) in [6, 6.07) is 2.37. The Kier molecular flexibility index (Phi) is 5.84. The van der Waals surface area contributed by atoms with E-state index in [0.29, 0.717) is 18.5 Å². The zero-order chi connectivity index (χ0) is 29.1. The highest BCUT2D eigenvalue weighted by Gasteiger charge is 2.70. The summed E-state index contributed by atoms with van der Waals surface area (Å²) >= 11 is 0. The molecule has 0 bridgehead atoms. The lowest BCUT2D eigenvalue weighted by Gasteiger charge is -2.70. The predicted molar refractivity (Wildman–Crippen MR) is 155 cm³/mol. The molecule has 2 amide bonds. The number of aliphatic hydroxyl groups is 1. The number of nitrogens with one attached hydrogen (secondary N) is 1. The van der Waals surface area contributed by atoms with Gasteiger partial charge in [-0.05, 0) is 96.4 Å². The van der Waals surface area contributed by atoms with Gasteiger partial charge in [0.2, 0.25) is 0 Å². The fourth-order valence-corrected chi connectivity index (χ4v) is 11.4. The van der Waals surface area contributed by atoms with E-state index in [9.17, 15) is 20.0 Å². The molecule has 6 heteroatoms. The van der Waals surface area contributed by atoms with Crippen molar-refractivity contribution in [3.63, 3.8) is 0 Å². The van der Waals surface area contributed by atoms with Crippen molar-refractivity contribution in [2.45, 2.75) is 99.8 Å². The number of rotatable bonds is 2. The smallest absolute Gasteiger partial charge is 0.317 e. The highest BCUT2D eigenvalue weighted by Crippen LogP contribution is 2.75. The summed E-state index contributed by atoms with van der Waals surface area (Å²) in [5.41, 5.74) is 0.680. The summed E-state index contributed by atoms with van der Waals surface area (Å²) in [4.78, 5) is 29.3.